The molecule has 0 aromatic heterocycles. The normalized spacial score (nSPS) is 12.4. The Labute approximate surface area is 113 Å². The fourth-order valence-electron chi connectivity index (χ4n) is 0.956. The monoisotopic (exact) mass is 309 g/mol. The Morgan fingerprint density at radius 3 is 2.24 bits per heavy atom. The van der Waals surface area contributed by atoms with E-state index in [1.54, 1.807) is 0 Å². The maximum Gasteiger partial charge on any atom is 0.407 e. The van der Waals surface area contributed by atoms with Crippen LogP contribution in [0.5, 0.6) is 0 Å². The molecule has 0 fully saturated rings. The van der Waals surface area contributed by atoms with Crippen molar-refractivity contribution in [2.75, 3.05) is 19.8 Å². The van der Waals surface area contributed by atoms with Crippen molar-refractivity contribution in [2.45, 2.75) is 51.0 Å². The maximum absolute atomic E-state index is 11.3. The van der Waals surface area contributed by atoms with Gasteiger partial charge in [0.15, 0.2) is 0 Å². The van der Waals surface area contributed by atoms with Gasteiger partial charge < -0.3 is 14.8 Å². The number of carbonyl (C=O) groups is 1. The summed E-state index contributed by atoms with van der Waals surface area (Å²) in [6.45, 7) is 11.3. The lowest BCUT2D eigenvalue weighted by Crippen LogP contribution is -2.34. The van der Waals surface area contributed by atoms with Gasteiger partial charge >= 0.3 is 6.09 Å². The summed E-state index contributed by atoms with van der Waals surface area (Å²) in [5.74, 6) is 0. The number of carbonyl (C=O) groups excluding carboxylic acids is 1. The smallest absolute Gasteiger partial charge is 0.407 e. The molecule has 0 saturated carbocycles. The Morgan fingerprint density at radius 1 is 1.18 bits per heavy atom. The van der Waals surface area contributed by atoms with Crippen LogP contribution in [0.3, 0.4) is 0 Å². The van der Waals surface area contributed by atoms with Crippen molar-refractivity contribution < 1.29 is 14.3 Å². The Kier molecular flexibility index (Phi) is 7.09. The van der Waals surface area contributed by atoms with Gasteiger partial charge in [0.1, 0.15) is 5.60 Å². The molecule has 0 saturated heterocycles. The molecule has 17 heavy (non-hydrogen) atoms. The van der Waals surface area contributed by atoms with Crippen LogP contribution in [0.4, 0.5) is 4.79 Å². The molecule has 1 amide bonds. The molecule has 0 aromatic carbocycles. The first-order chi connectivity index (χ1) is 7.60. The standard InChI is InChI=1S/C12H24BrNO3/c1-11(2,3)17-10(15)14-7-9-16-8-6-12(4,5)13/h6-9H2,1-5H3,(H,14,15). The summed E-state index contributed by atoms with van der Waals surface area (Å²) in [5.41, 5.74) is -0.453. The first kappa shape index (κ1) is 16.7. The van der Waals surface area contributed by atoms with Crippen LogP contribution in [-0.4, -0.2) is 35.8 Å². The van der Waals surface area contributed by atoms with Crippen molar-refractivity contribution in [2.24, 2.45) is 0 Å². The van der Waals surface area contributed by atoms with Gasteiger partial charge in [-0.3, -0.25) is 0 Å². The van der Waals surface area contributed by atoms with Crippen LogP contribution in [0.1, 0.15) is 41.0 Å². The molecule has 0 atom stereocenters. The van der Waals surface area contributed by atoms with Crippen molar-refractivity contribution >= 4 is 22.0 Å². The SMILES string of the molecule is CC(C)(Br)CCOCCNC(=O)OC(C)(C)C. The number of halogens is 1. The summed E-state index contributed by atoms with van der Waals surface area (Å²) in [4.78, 5) is 11.3. The van der Waals surface area contributed by atoms with E-state index >= 15 is 0 Å². The molecule has 0 spiro atoms. The Bertz CT molecular complexity index is 231. The molecular formula is C12H24BrNO3. The van der Waals surface area contributed by atoms with Crippen LogP contribution < -0.4 is 5.32 Å². The van der Waals surface area contributed by atoms with E-state index in [0.717, 1.165) is 6.42 Å². The highest BCUT2D eigenvalue weighted by atomic mass is 79.9. The Hall–Kier alpha value is -0.290. The third kappa shape index (κ3) is 13.6. The number of hydrogen-bond donors (Lipinski definition) is 1. The van der Waals surface area contributed by atoms with Gasteiger partial charge in [-0.05, 0) is 41.0 Å². The van der Waals surface area contributed by atoms with Crippen molar-refractivity contribution in [3.63, 3.8) is 0 Å². The van der Waals surface area contributed by atoms with Gasteiger partial charge in [0.25, 0.3) is 0 Å². The maximum atomic E-state index is 11.3. The molecule has 5 heteroatoms. The van der Waals surface area contributed by atoms with Crippen LogP contribution in [-0.2, 0) is 9.47 Å². The van der Waals surface area contributed by atoms with Gasteiger partial charge in [0, 0.05) is 17.5 Å². The zero-order chi connectivity index (χ0) is 13.5. The van der Waals surface area contributed by atoms with E-state index in [2.05, 4.69) is 35.1 Å². The summed E-state index contributed by atoms with van der Waals surface area (Å²) >= 11 is 3.53. The molecule has 1 N–H and O–H groups in total. The average Bonchev–Trinajstić information content (AvgIpc) is 2.06. The molecule has 0 rings (SSSR count). The third-order valence-electron chi connectivity index (χ3n) is 1.76. The van der Waals surface area contributed by atoms with Crippen molar-refractivity contribution in [3.8, 4) is 0 Å². The van der Waals surface area contributed by atoms with Crippen molar-refractivity contribution in [1.29, 1.82) is 0 Å². The number of alkyl carbamates (subject to hydrolysis) is 1. The van der Waals surface area contributed by atoms with Crippen LogP contribution >= 0.6 is 15.9 Å². The minimum atomic E-state index is -0.453. The molecule has 0 heterocycles. The summed E-state index contributed by atoms with van der Waals surface area (Å²) in [7, 11) is 0. The second-order valence-electron chi connectivity index (χ2n) is 5.51. The summed E-state index contributed by atoms with van der Waals surface area (Å²) in [5, 5.41) is 2.64. The number of hydrogen-bond acceptors (Lipinski definition) is 3. The van der Waals surface area contributed by atoms with E-state index in [1.165, 1.54) is 0 Å². The summed E-state index contributed by atoms with van der Waals surface area (Å²) in [6, 6.07) is 0. The average molecular weight is 310 g/mol. The van der Waals surface area contributed by atoms with Gasteiger partial charge in [-0.25, -0.2) is 4.79 Å². The lowest BCUT2D eigenvalue weighted by molar-refractivity contribution is 0.0497. The molecule has 4 nitrogen and oxygen atoms in total. The zero-order valence-electron chi connectivity index (χ0n) is 11.4. The highest BCUT2D eigenvalue weighted by Crippen LogP contribution is 2.19. The Morgan fingerprint density at radius 2 is 1.76 bits per heavy atom. The number of alkyl halides is 1. The largest absolute Gasteiger partial charge is 0.444 e. The fraction of sp³-hybridized carbons (Fsp3) is 0.917. The molecule has 0 aliphatic rings. The predicted octanol–water partition coefficient (Wildman–Crippen LogP) is 3.09. The lowest BCUT2D eigenvalue weighted by atomic mass is 10.1. The van der Waals surface area contributed by atoms with Gasteiger partial charge in [-0.1, -0.05) is 15.9 Å². The minimum Gasteiger partial charge on any atom is -0.444 e. The van der Waals surface area contributed by atoms with Crippen molar-refractivity contribution in [1.82, 2.24) is 5.32 Å². The van der Waals surface area contributed by atoms with Crippen LogP contribution in [0, 0.1) is 0 Å². The molecule has 0 unspecified atom stereocenters. The van der Waals surface area contributed by atoms with Gasteiger partial charge in [-0.15, -0.1) is 0 Å². The number of amides is 1. The first-order valence-electron chi connectivity index (χ1n) is 5.84. The number of ether oxygens (including phenoxy) is 2. The minimum absolute atomic E-state index is 0.103. The van der Waals surface area contributed by atoms with Gasteiger partial charge in [-0.2, -0.15) is 0 Å². The molecular weight excluding hydrogens is 286 g/mol. The van der Waals surface area contributed by atoms with E-state index < -0.39 is 11.7 Å². The molecule has 0 bridgehead atoms. The zero-order valence-corrected chi connectivity index (χ0v) is 13.0. The number of rotatable bonds is 6. The highest BCUT2D eigenvalue weighted by Gasteiger charge is 2.15. The topological polar surface area (TPSA) is 47.6 Å². The lowest BCUT2D eigenvalue weighted by Gasteiger charge is -2.19. The van der Waals surface area contributed by atoms with Crippen LogP contribution in [0.2, 0.25) is 0 Å². The summed E-state index contributed by atoms with van der Waals surface area (Å²) < 4.78 is 10.6. The second-order valence-corrected chi connectivity index (χ2v) is 7.66. The number of nitrogens with one attached hydrogen (secondary N) is 1. The molecule has 0 aliphatic carbocycles. The molecule has 0 radical (unpaired) electrons. The summed E-state index contributed by atoms with van der Waals surface area (Å²) in [6.07, 6.45) is 0.529. The van der Waals surface area contributed by atoms with Gasteiger partial charge in [0.05, 0.1) is 6.61 Å². The first-order valence-corrected chi connectivity index (χ1v) is 6.63. The predicted molar refractivity (Wildman–Crippen MR) is 72.7 cm³/mol. The van der Waals surface area contributed by atoms with Gasteiger partial charge in [0.2, 0.25) is 0 Å². The van der Waals surface area contributed by atoms with E-state index in [4.69, 9.17) is 9.47 Å². The molecule has 0 aromatic rings. The van der Waals surface area contributed by atoms with E-state index in [1.807, 2.05) is 20.8 Å². The van der Waals surface area contributed by atoms with Crippen LogP contribution in [0.15, 0.2) is 0 Å². The van der Waals surface area contributed by atoms with Crippen molar-refractivity contribution in [3.05, 3.63) is 0 Å². The third-order valence-corrected chi connectivity index (χ3v) is 2.15. The second kappa shape index (κ2) is 7.21. The quantitative estimate of drug-likeness (QED) is 0.606. The van der Waals surface area contributed by atoms with E-state index in [0.29, 0.717) is 19.8 Å². The Balaban J connectivity index is 3.44. The molecule has 102 valence electrons. The van der Waals surface area contributed by atoms with E-state index in [-0.39, 0.29) is 4.32 Å². The van der Waals surface area contributed by atoms with E-state index in [9.17, 15) is 4.79 Å². The highest BCUT2D eigenvalue weighted by molar-refractivity contribution is 9.10. The van der Waals surface area contributed by atoms with Crippen LogP contribution in [0.25, 0.3) is 0 Å². The molecule has 0 aliphatic heterocycles. The fourth-order valence-corrected chi connectivity index (χ4v) is 1.12.